The van der Waals surface area contributed by atoms with Crippen molar-refractivity contribution in [3.8, 4) is 0 Å². The Kier molecular flexibility index (Phi) is 3.64. The molecule has 1 heterocycles. The molecule has 1 fully saturated rings. The van der Waals surface area contributed by atoms with Gasteiger partial charge in [-0.15, -0.1) is 0 Å². The zero-order valence-corrected chi connectivity index (χ0v) is 10.2. The topological polar surface area (TPSA) is 34.9 Å². The molecule has 0 aliphatic heterocycles. The van der Waals surface area contributed by atoms with Crippen LogP contribution in [0.25, 0.3) is 0 Å². The number of nitrogens with zero attached hydrogens (tertiary/aromatic N) is 2. The molecule has 0 spiro atoms. The maximum atomic E-state index is 11.1. The standard InChI is InChI=1S/C12H17ClN2O/c1-9(12(13)16)10-3-5-11(6-4-10)15-8-2-7-14-15/h2,7-11H,3-6H2,1H3. The summed E-state index contributed by atoms with van der Waals surface area (Å²) in [6, 6.07) is 2.46. The lowest BCUT2D eigenvalue weighted by molar-refractivity contribution is -0.116. The van der Waals surface area contributed by atoms with E-state index >= 15 is 0 Å². The fourth-order valence-corrected chi connectivity index (χ4v) is 2.73. The Labute approximate surface area is 101 Å². The molecule has 1 aliphatic carbocycles. The van der Waals surface area contributed by atoms with Gasteiger partial charge < -0.3 is 0 Å². The van der Waals surface area contributed by atoms with Crippen molar-refractivity contribution in [1.29, 1.82) is 0 Å². The normalized spacial score (nSPS) is 27.6. The van der Waals surface area contributed by atoms with Gasteiger partial charge in [0.05, 0.1) is 6.04 Å². The fraction of sp³-hybridized carbons (Fsp3) is 0.667. The summed E-state index contributed by atoms with van der Waals surface area (Å²) in [4.78, 5) is 11.1. The van der Waals surface area contributed by atoms with Crippen LogP contribution in [0.4, 0.5) is 0 Å². The Bertz CT molecular complexity index is 342. The van der Waals surface area contributed by atoms with E-state index in [2.05, 4.69) is 5.10 Å². The van der Waals surface area contributed by atoms with E-state index in [1.807, 2.05) is 30.1 Å². The highest BCUT2D eigenvalue weighted by Crippen LogP contribution is 2.36. The van der Waals surface area contributed by atoms with E-state index in [1.54, 1.807) is 0 Å². The van der Waals surface area contributed by atoms with Gasteiger partial charge in [0.15, 0.2) is 0 Å². The lowest BCUT2D eigenvalue weighted by atomic mass is 9.79. The van der Waals surface area contributed by atoms with Gasteiger partial charge in [0.2, 0.25) is 5.24 Å². The molecule has 0 radical (unpaired) electrons. The molecular weight excluding hydrogens is 224 g/mol. The van der Waals surface area contributed by atoms with Crippen LogP contribution in [-0.2, 0) is 4.79 Å². The monoisotopic (exact) mass is 240 g/mol. The van der Waals surface area contributed by atoms with Crippen LogP contribution in [0, 0.1) is 11.8 Å². The molecule has 3 nitrogen and oxygen atoms in total. The Hall–Kier alpha value is -0.830. The van der Waals surface area contributed by atoms with E-state index in [-0.39, 0.29) is 11.2 Å². The Balaban J connectivity index is 1.90. The second-order valence-corrected chi connectivity index (χ2v) is 5.02. The van der Waals surface area contributed by atoms with Crippen LogP contribution in [0.3, 0.4) is 0 Å². The van der Waals surface area contributed by atoms with Crippen LogP contribution in [0.1, 0.15) is 38.6 Å². The largest absolute Gasteiger partial charge is 0.281 e. The molecule has 0 bridgehead atoms. The minimum atomic E-state index is -0.192. The van der Waals surface area contributed by atoms with Gasteiger partial charge in [-0.25, -0.2) is 0 Å². The molecule has 1 saturated carbocycles. The van der Waals surface area contributed by atoms with E-state index in [4.69, 9.17) is 11.6 Å². The first kappa shape index (κ1) is 11.6. The van der Waals surface area contributed by atoms with Gasteiger partial charge in [0, 0.05) is 18.3 Å². The number of hydrogen-bond acceptors (Lipinski definition) is 2. The van der Waals surface area contributed by atoms with E-state index in [0.717, 1.165) is 25.7 Å². The van der Waals surface area contributed by atoms with Crippen LogP contribution >= 0.6 is 11.6 Å². The predicted octanol–water partition coefficient (Wildman–Crippen LogP) is 3.02. The summed E-state index contributed by atoms with van der Waals surface area (Å²) in [7, 11) is 0. The third-order valence-corrected chi connectivity index (χ3v) is 4.05. The molecule has 1 aromatic heterocycles. The van der Waals surface area contributed by atoms with Crippen molar-refractivity contribution in [3.63, 3.8) is 0 Å². The Morgan fingerprint density at radius 1 is 1.44 bits per heavy atom. The number of halogens is 1. The first-order valence-electron chi connectivity index (χ1n) is 5.87. The van der Waals surface area contributed by atoms with Gasteiger partial charge in [0.1, 0.15) is 0 Å². The average molecular weight is 241 g/mol. The van der Waals surface area contributed by atoms with Gasteiger partial charge in [-0.2, -0.15) is 5.10 Å². The third kappa shape index (κ3) is 2.46. The summed E-state index contributed by atoms with van der Waals surface area (Å²) in [5, 5.41) is 4.08. The zero-order chi connectivity index (χ0) is 11.5. The van der Waals surface area contributed by atoms with Gasteiger partial charge >= 0.3 is 0 Å². The van der Waals surface area contributed by atoms with Crippen molar-refractivity contribution < 1.29 is 4.79 Å². The highest BCUT2D eigenvalue weighted by atomic mass is 35.5. The summed E-state index contributed by atoms with van der Waals surface area (Å²) in [6.07, 6.45) is 8.17. The van der Waals surface area contributed by atoms with Crippen LogP contribution in [0.2, 0.25) is 0 Å². The van der Waals surface area contributed by atoms with Crippen molar-refractivity contribution in [2.75, 3.05) is 0 Å². The highest BCUT2D eigenvalue weighted by Gasteiger charge is 2.28. The summed E-state index contributed by atoms with van der Waals surface area (Å²) < 4.78 is 2.03. The van der Waals surface area contributed by atoms with Crippen molar-refractivity contribution in [2.45, 2.75) is 38.6 Å². The molecule has 1 aromatic rings. The molecule has 2 rings (SSSR count). The van der Waals surface area contributed by atoms with Crippen LogP contribution in [-0.4, -0.2) is 15.0 Å². The van der Waals surface area contributed by atoms with E-state index in [1.165, 1.54) is 0 Å². The van der Waals surface area contributed by atoms with E-state index in [9.17, 15) is 4.79 Å². The average Bonchev–Trinajstić information content (AvgIpc) is 2.81. The molecule has 0 aromatic carbocycles. The molecule has 0 amide bonds. The first-order valence-corrected chi connectivity index (χ1v) is 6.24. The maximum absolute atomic E-state index is 11.1. The smallest absolute Gasteiger partial charge is 0.224 e. The minimum Gasteiger partial charge on any atom is -0.281 e. The van der Waals surface area contributed by atoms with Gasteiger partial charge in [-0.3, -0.25) is 9.48 Å². The molecule has 88 valence electrons. The molecular formula is C12H17ClN2O. The van der Waals surface area contributed by atoms with Crippen molar-refractivity contribution >= 4 is 16.8 Å². The zero-order valence-electron chi connectivity index (χ0n) is 9.47. The molecule has 16 heavy (non-hydrogen) atoms. The SMILES string of the molecule is CC(C(=O)Cl)C1CCC(n2cccn2)CC1. The van der Waals surface area contributed by atoms with Gasteiger partial charge in [-0.1, -0.05) is 6.92 Å². The third-order valence-electron chi connectivity index (χ3n) is 3.71. The Morgan fingerprint density at radius 3 is 2.62 bits per heavy atom. The van der Waals surface area contributed by atoms with Crippen molar-refractivity contribution in [1.82, 2.24) is 9.78 Å². The molecule has 0 N–H and O–H groups in total. The van der Waals surface area contributed by atoms with Crippen LogP contribution < -0.4 is 0 Å². The number of carbonyl (C=O) groups excluding carboxylic acids is 1. The number of carbonyl (C=O) groups is 1. The lowest BCUT2D eigenvalue weighted by Crippen LogP contribution is -2.25. The summed E-state index contributed by atoms with van der Waals surface area (Å²) in [5.41, 5.74) is 0. The second kappa shape index (κ2) is 5.00. The summed E-state index contributed by atoms with van der Waals surface area (Å²) in [5.74, 6) is 0.456. The first-order chi connectivity index (χ1) is 7.68. The molecule has 0 saturated heterocycles. The molecule has 1 atom stereocenters. The predicted molar refractivity (Wildman–Crippen MR) is 63.2 cm³/mol. The highest BCUT2D eigenvalue weighted by molar-refractivity contribution is 6.63. The quantitative estimate of drug-likeness (QED) is 0.762. The molecule has 1 aliphatic rings. The van der Waals surface area contributed by atoms with Gasteiger partial charge in [-0.05, 0) is 49.3 Å². The molecule has 1 unspecified atom stereocenters. The van der Waals surface area contributed by atoms with Crippen LogP contribution in [0.15, 0.2) is 18.5 Å². The van der Waals surface area contributed by atoms with E-state index < -0.39 is 0 Å². The van der Waals surface area contributed by atoms with Crippen LogP contribution in [0.5, 0.6) is 0 Å². The number of rotatable bonds is 3. The summed E-state index contributed by atoms with van der Waals surface area (Å²) >= 11 is 5.54. The molecule has 4 heteroatoms. The summed E-state index contributed by atoms with van der Waals surface area (Å²) in [6.45, 7) is 1.94. The number of aromatic nitrogens is 2. The Morgan fingerprint density at radius 2 is 2.12 bits per heavy atom. The van der Waals surface area contributed by atoms with Crippen molar-refractivity contribution in [3.05, 3.63) is 18.5 Å². The van der Waals surface area contributed by atoms with Crippen molar-refractivity contribution in [2.24, 2.45) is 11.8 Å². The minimum absolute atomic E-state index is 0.000220. The van der Waals surface area contributed by atoms with E-state index in [0.29, 0.717) is 12.0 Å². The number of hydrogen-bond donors (Lipinski definition) is 0. The lowest BCUT2D eigenvalue weighted by Gasteiger charge is -2.30. The fourth-order valence-electron chi connectivity index (χ4n) is 2.55. The van der Waals surface area contributed by atoms with Gasteiger partial charge in [0.25, 0.3) is 0 Å². The second-order valence-electron chi connectivity index (χ2n) is 4.65. The maximum Gasteiger partial charge on any atom is 0.224 e.